The molecule has 0 atom stereocenters. The minimum Gasteiger partial charge on any atom is -0.497 e. The maximum atomic E-state index is 11.4. The number of nitrogens with zero attached hydrogens (tertiary/aromatic N) is 1. The van der Waals surface area contributed by atoms with Crippen molar-refractivity contribution in [1.82, 2.24) is 0 Å². The molecule has 1 aromatic carbocycles. The molecule has 1 aliphatic rings. The highest BCUT2D eigenvalue weighted by Gasteiger charge is 2.19. The Labute approximate surface area is 99.3 Å². The second-order valence-corrected chi connectivity index (χ2v) is 5.18. The lowest BCUT2D eigenvalue weighted by Crippen LogP contribution is -2.09. The van der Waals surface area contributed by atoms with E-state index in [1.165, 1.54) is 6.20 Å². The quantitative estimate of drug-likeness (QED) is 0.813. The van der Waals surface area contributed by atoms with E-state index in [2.05, 4.69) is 4.99 Å². The van der Waals surface area contributed by atoms with E-state index < -0.39 is 9.84 Å². The zero-order chi connectivity index (χ0) is 12.3. The molecule has 0 spiro atoms. The standard InChI is InChI=1S/C11H11NO4S/c1-15-9-2-4-10(5-3-9)16-7-11-6-12-8-17(11,13)14/h2-6,8H,7H2,1H3. The Balaban J connectivity index is 1.99. The Morgan fingerprint density at radius 1 is 1.18 bits per heavy atom. The summed E-state index contributed by atoms with van der Waals surface area (Å²) in [4.78, 5) is 3.74. The smallest absolute Gasteiger partial charge is 0.217 e. The van der Waals surface area contributed by atoms with Crippen molar-refractivity contribution in [2.45, 2.75) is 0 Å². The second kappa shape index (κ2) is 4.58. The maximum absolute atomic E-state index is 11.4. The van der Waals surface area contributed by atoms with Crippen LogP contribution in [0.4, 0.5) is 0 Å². The van der Waals surface area contributed by atoms with Crippen LogP contribution >= 0.6 is 0 Å². The predicted octanol–water partition coefficient (Wildman–Crippen LogP) is 1.37. The number of hydrogen-bond donors (Lipinski definition) is 0. The molecule has 2 rings (SSSR count). The molecule has 1 heterocycles. The Hall–Kier alpha value is -1.82. The van der Waals surface area contributed by atoms with Gasteiger partial charge in [-0.05, 0) is 24.3 Å². The summed E-state index contributed by atoms with van der Waals surface area (Å²) >= 11 is 0. The minimum absolute atomic E-state index is 0.0192. The van der Waals surface area contributed by atoms with Crippen molar-refractivity contribution in [2.75, 3.05) is 13.7 Å². The molecule has 0 amide bonds. The molecule has 0 unspecified atom stereocenters. The molecule has 17 heavy (non-hydrogen) atoms. The number of aliphatic imine (C=N–C) groups is 1. The zero-order valence-corrected chi connectivity index (χ0v) is 9.98. The van der Waals surface area contributed by atoms with E-state index in [0.717, 1.165) is 5.55 Å². The third kappa shape index (κ3) is 2.65. The van der Waals surface area contributed by atoms with Crippen molar-refractivity contribution in [3.8, 4) is 11.5 Å². The molecule has 0 fully saturated rings. The largest absolute Gasteiger partial charge is 0.497 e. The second-order valence-electron chi connectivity index (χ2n) is 3.36. The van der Waals surface area contributed by atoms with Gasteiger partial charge in [0.1, 0.15) is 28.6 Å². The number of methoxy groups -OCH3 is 1. The first-order valence-electron chi connectivity index (χ1n) is 4.86. The lowest BCUT2D eigenvalue weighted by molar-refractivity contribution is 0.356. The Morgan fingerprint density at radius 3 is 2.35 bits per heavy atom. The van der Waals surface area contributed by atoms with Gasteiger partial charge in [0.05, 0.1) is 7.11 Å². The summed E-state index contributed by atoms with van der Waals surface area (Å²) in [6.07, 6.45) is 1.29. The molecule has 6 heteroatoms. The molecule has 0 aromatic heterocycles. The van der Waals surface area contributed by atoms with Crippen molar-refractivity contribution in [1.29, 1.82) is 0 Å². The average Bonchev–Trinajstić information content (AvgIpc) is 2.66. The lowest BCUT2D eigenvalue weighted by Gasteiger charge is -2.06. The first kappa shape index (κ1) is 11.7. The first-order valence-corrected chi connectivity index (χ1v) is 6.40. The monoisotopic (exact) mass is 253 g/mol. The lowest BCUT2D eigenvalue weighted by atomic mass is 10.3. The van der Waals surface area contributed by atoms with Crippen LogP contribution in [0.15, 0.2) is 40.4 Å². The van der Waals surface area contributed by atoms with Gasteiger partial charge in [-0.3, -0.25) is 4.99 Å². The topological polar surface area (TPSA) is 65.0 Å². The van der Waals surface area contributed by atoms with Gasteiger partial charge in [0.15, 0.2) is 0 Å². The fraction of sp³-hybridized carbons (Fsp3) is 0.182. The van der Waals surface area contributed by atoms with Gasteiger partial charge in [0.25, 0.3) is 0 Å². The van der Waals surface area contributed by atoms with Crippen molar-refractivity contribution in [3.63, 3.8) is 0 Å². The van der Waals surface area contributed by atoms with E-state index in [1.807, 2.05) is 0 Å². The summed E-state index contributed by atoms with van der Waals surface area (Å²) in [6.45, 7) is -0.0192. The molecule has 0 saturated heterocycles. The molecule has 1 aliphatic heterocycles. The van der Waals surface area contributed by atoms with Crippen LogP contribution in [0.25, 0.3) is 0 Å². The summed E-state index contributed by atoms with van der Waals surface area (Å²) in [7, 11) is -1.78. The van der Waals surface area contributed by atoms with Gasteiger partial charge in [-0.25, -0.2) is 8.42 Å². The highest BCUT2D eigenvalue weighted by atomic mass is 32.2. The highest BCUT2D eigenvalue weighted by Crippen LogP contribution is 2.19. The maximum Gasteiger partial charge on any atom is 0.217 e. The Bertz CT molecular complexity index is 558. The van der Waals surface area contributed by atoms with E-state index in [1.54, 1.807) is 31.4 Å². The number of sulfone groups is 1. The fourth-order valence-corrected chi connectivity index (χ4v) is 2.07. The van der Waals surface area contributed by atoms with Crippen LogP contribution in [0.2, 0.25) is 0 Å². The van der Waals surface area contributed by atoms with Gasteiger partial charge in [0.2, 0.25) is 9.84 Å². The normalized spacial score (nSPS) is 16.6. The zero-order valence-electron chi connectivity index (χ0n) is 9.16. The molecule has 0 radical (unpaired) electrons. The Kier molecular flexibility index (Phi) is 3.14. The number of hydrogen-bond acceptors (Lipinski definition) is 5. The highest BCUT2D eigenvalue weighted by molar-refractivity contribution is 8.08. The number of ether oxygens (including phenoxy) is 2. The molecule has 0 bridgehead atoms. The summed E-state index contributed by atoms with van der Waals surface area (Å²) in [5.74, 6) is 1.29. The molecule has 0 aliphatic carbocycles. The third-order valence-corrected chi connectivity index (χ3v) is 3.58. The van der Waals surface area contributed by atoms with E-state index in [0.29, 0.717) is 11.5 Å². The SMILES string of the molecule is COc1ccc(OCC2=CN=CS2(=O)=O)cc1. The van der Waals surface area contributed by atoms with Crippen LogP contribution in [0.1, 0.15) is 0 Å². The minimum atomic E-state index is -3.35. The summed E-state index contributed by atoms with van der Waals surface area (Å²) in [5, 5.41) is 0. The van der Waals surface area contributed by atoms with Crippen LogP contribution in [0, 0.1) is 0 Å². The van der Waals surface area contributed by atoms with Gasteiger partial charge in [-0.15, -0.1) is 0 Å². The summed E-state index contributed by atoms with van der Waals surface area (Å²) < 4.78 is 33.1. The van der Waals surface area contributed by atoms with E-state index in [9.17, 15) is 8.42 Å². The molecule has 0 saturated carbocycles. The number of rotatable bonds is 4. The third-order valence-electron chi connectivity index (χ3n) is 2.22. The molecular weight excluding hydrogens is 242 g/mol. The first-order chi connectivity index (χ1) is 8.12. The van der Waals surface area contributed by atoms with E-state index in [-0.39, 0.29) is 11.5 Å². The molecule has 0 N–H and O–H groups in total. The predicted molar refractivity (Wildman–Crippen MR) is 64.0 cm³/mol. The van der Waals surface area contributed by atoms with Crippen molar-refractivity contribution < 1.29 is 17.9 Å². The van der Waals surface area contributed by atoms with Crippen LogP contribution in [-0.2, 0) is 9.84 Å². The van der Waals surface area contributed by atoms with Crippen LogP contribution in [0.5, 0.6) is 11.5 Å². The van der Waals surface area contributed by atoms with Crippen LogP contribution in [0.3, 0.4) is 0 Å². The molecule has 1 aromatic rings. The van der Waals surface area contributed by atoms with E-state index >= 15 is 0 Å². The van der Waals surface area contributed by atoms with Gasteiger partial charge in [-0.2, -0.15) is 0 Å². The van der Waals surface area contributed by atoms with E-state index in [4.69, 9.17) is 9.47 Å². The molecule has 5 nitrogen and oxygen atoms in total. The van der Waals surface area contributed by atoms with Crippen molar-refractivity contribution >= 4 is 15.4 Å². The number of benzene rings is 1. The van der Waals surface area contributed by atoms with Gasteiger partial charge in [-0.1, -0.05) is 0 Å². The molecular formula is C11H11NO4S. The fourth-order valence-electron chi connectivity index (χ4n) is 1.28. The average molecular weight is 253 g/mol. The van der Waals surface area contributed by atoms with Crippen LogP contribution < -0.4 is 9.47 Å². The molecule has 90 valence electrons. The van der Waals surface area contributed by atoms with Gasteiger partial charge in [0, 0.05) is 6.20 Å². The van der Waals surface area contributed by atoms with Crippen molar-refractivity contribution in [2.24, 2.45) is 4.99 Å². The summed E-state index contributed by atoms with van der Waals surface area (Å²) in [5.41, 5.74) is 0.916. The Morgan fingerprint density at radius 2 is 1.82 bits per heavy atom. The van der Waals surface area contributed by atoms with Crippen molar-refractivity contribution in [3.05, 3.63) is 35.4 Å². The van der Waals surface area contributed by atoms with Gasteiger partial charge < -0.3 is 9.47 Å². The summed E-state index contributed by atoms with van der Waals surface area (Å²) in [6, 6.07) is 6.90. The van der Waals surface area contributed by atoms with Crippen LogP contribution in [-0.4, -0.2) is 27.7 Å². The van der Waals surface area contributed by atoms with Gasteiger partial charge >= 0.3 is 0 Å².